The number of hydrazine groups is 1. The van der Waals surface area contributed by atoms with Crippen molar-refractivity contribution in [3.8, 4) is 0 Å². The van der Waals surface area contributed by atoms with Crippen LogP contribution in [0, 0.1) is 5.92 Å². The maximum absolute atomic E-state index is 4.86. The lowest BCUT2D eigenvalue weighted by Crippen LogP contribution is -2.35. The predicted molar refractivity (Wildman–Crippen MR) is 40.6 cm³/mol. The number of ether oxygens (including phenoxy) is 1. The van der Waals surface area contributed by atoms with Gasteiger partial charge in [0.15, 0.2) is 0 Å². The number of nitrogens with one attached hydrogen (secondary N) is 2. The highest BCUT2D eigenvalue weighted by Crippen LogP contribution is 2.27. The van der Waals surface area contributed by atoms with Gasteiger partial charge >= 0.3 is 0 Å². The number of methoxy groups -OCH3 is 1. The van der Waals surface area contributed by atoms with Crippen molar-refractivity contribution in [2.45, 2.75) is 12.8 Å². The van der Waals surface area contributed by atoms with E-state index < -0.39 is 0 Å². The van der Waals surface area contributed by atoms with Gasteiger partial charge in [0.1, 0.15) is 0 Å². The maximum Gasteiger partial charge on any atom is 0.0601 e. The second-order valence-corrected chi connectivity index (χ2v) is 2.74. The first-order valence-electron chi connectivity index (χ1n) is 3.88. The van der Waals surface area contributed by atoms with Gasteiger partial charge in [-0.15, -0.1) is 0 Å². The first-order valence-corrected chi connectivity index (χ1v) is 3.88. The topological polar surface area (TPSA) is 33.3 Å². The molecule has 0 aromatic rings. The second-order valence-electron chi connectivity index (χ2n) is 2.74. The standard InChI is InChI=1S/C7H16N2O/c1-10-5-4-8-9-6-7-2-3-7/h7-9H,2-6H2,1H3. The molecule has 0 amide bonds. The van der Waals surface area contributed by atoms with Gasteiger partial charge in [-0.1, -0.05) is 0 Å². The van der Waals surface area contributed by atoms with Crippen LogP contribution in [0.4, 0.5) is 0 Å². The molecule has 0 spiro atoms. The van der Waals surface area contributed by atoms with Crippen molar-refractivity contribution in [2.75, 3.05) is 26.8 Å². The molecule has 1 aliphatic carbocycles. The molecule has 1 rings (SSSR count). The average molecular weight is 144 g/mol. The van der Waals surface area contributed by atoms with E-state index in [1.807, 2.05) is 0 Å². The Balaban J connectivity index is 1.68. The minimum absolute atomic E-state index is 0.775. The molecule has 0 aromatic carbocycles. The zero-order valence-corrected chi connectivity index (χ0v) is 6.52. The minimum atomic E-state index is 0.775. The van der Waals surface area contributed by atoms with Crippen molar-refractivity contribution in [3.05, 3.63) is 0 Å². The van der Waals surface area contributed by atoms with Crippen molar-refractivity contribution in [1.29, 1.82) is 0 Å². The maximum atomic E-state index is 4.86. The van der Waals surface area contributed by atoms with Gasteiger partial charge in [-0.05, 0) is 18.8 Å². The largest absolute Gasteiger partial charge is 0.383 e. The molecule has 1 saturated carbocycles. The Labute approximate surface area is 62.1 Å². The van der Waals surface area contributed by atoms with Crippen LogP contribution in [-0.2, 0) is 4.74 Å². The van der Waals surface area contributed by atoms with Crippen LogP contribution in [0.25, 0.3) is 0 Å². The Hall–Kier alpha value is -0.120. The molecule has 0 heterocycles. The van der Waals surface area contributed by atoms with Crippen LogP contribution in [0.2, 0.25) is 0 Å². The van der Waals surface area contributed by atoms with Crippen molar-refractivity contribution in [3.63, 3.8) is 0 Å². The summed E-state index contributed by atoms with van der Waals surface area (Å²) in [6, 6.07) is 0. The van der Waals surface area contributed by atoms with E-state index in [9.17, 15) is 0 Å². The van der Waals surface area contributed by atoms with Gasteiger partial charge in [0.25, 0.3) is 0 Å². The summed E-state index contributed by atoms with van der Waals surface area (Å²) in [5.41, 5.74) is 6.23. The fourth-order valence-electron chi connectivity index (χ4n) is 0.780. The third-order valence-corrected chi connectivity index (χ3v) is 1.64. The van der Waals surface area contributed by atoms with E-state index in [-0.39, 0.29) is 0 Å². The smallest absolute Gasteiger partial charge is 0.0601 e. The summed E-state index contributed by atoms with van der Waals surface area (Å²) in [6.45, 7) is 2.78. The molecular weight excluding hydrogens is 128 g/mol. The molecule has 1 aliphatic rings. The van der Waals surface area contributed by atoms with Crippen LogP contribution in [0.15, 0.2) is 0 Å². The molecule has 0 radical (unpaired) electrons. The van der Waals surface area contributed by atoms with Crippen LogP contribution >= 0.6 is 0 Å². The van der Waals surface area contributed by atoms with Crippen LogP contribution in [0.1, 0.15) is 12.8 Å². The Morgan fingerprint density at radius 1 is 1.40 bits per heavy atom. The van der Waals surface area contributed by atoms with E-state index in [1.165, 1.54) is 12.8 Å². The summed E-state index contributed by atoms with van der Waals surface area (Å²) in [4.78, 5) is 0. The molecule has 3 heteroatoms. The molecule has 0 unspecified atom stereocenters. The number of hydrogen-bond acceptors (Lipinski definition) is 3. The number of rotatable bonds is 6. The summed E-state index contributed by atoms with van der Waals surface area (Å²) in [5, 5.41) is 0. The van der Waals surface area contributed by atoms with E-state index in [1.54, 1.807) is 7.11 Å². The fourth-order valence-corrected chi connectivity index (χ4v) is 0.780. The molecule has 60 valence electrons. The van der Waals surface area contributed by atoms with E-state index in [0.717, 1.165) is 25.6 Å². The van der Waals surface area contributed by atoms with Crippen LogP contribution in [0.3, 0.4) is 0 Å². The minimum Gasteiger partial charge on any atom is -0.383 e. The van der Waals surface area contributed by atoms with Gasteiger partial charge in [-0.25, -0.2) is 0 Å². The third kappa shape index (κ3) is 3.82. The van der Waals surface area contributed by atoms with Crippen molar-refractivity contribution in [1.82, 2.24) is 10.9 Å². The SMILES string of the molecule is COCCNNCC1CC1. The van der Waals surface area contributed by atoms with Crippen molar-refractivity contribution >= 4 is 0 Å². The summed E-state index contributed by atoms with van der Waals surface area (Å²) < 4.78 is 4.86. The van der Waals surface area contributed by atoms with E-state index in [4.69, 9.17) is 4.74 Å². The molecule has 0 bridgehead atoms. The van der Waals surface area contributed by atoms with E-state index >= 15 is 0 Å². The summed E-state index contributed by atoms with van der Waals surface area (Å²) >= 11 is 0. The lowest BCUT2D eigenvalue weighted by atomic mass is 10.4. The van der Waals surface area contributed by atoms with Crippen LogP contribution in [-0.4, -0.2) is 26.8 Å². The fraction of sp³-hybridized carbons (Fsp3) is 1.00. The summed E-state index contributed by atoms with van der Waals surface area (Å²) in [6.07, 6.45) is 2.80. The second kappa shape index (κ2) is 4.66. The first kappa shape index (κ1) is 7.98. The zero-order valence-electron chi connectivity index (χ0n) is 6.52. The Morgan fingerprint density at radius 3 is 2.80 bits per heavy atom. The quantitative estimate of drug-likeness (QED) is 0.411. The molecule has 2 N–H and O–H groups in total. The molecule has 0 aromatic heterocycles. The van der Waals surface area contributed by atoms with Crippen molar-refractivity contribution < 1.29 is 4.74 Å². The van der Waals surface area contributed by atoms with E-state index in [2.05, 4.69) is 10.9 Å². The molecule has 10 heavy (non-hydrogen) atoms. The highest BCUT2D eigenvalue weighted by atomic mass is 16.5. The van der Waals surface area contributed by atoms with Gasteiger partial charge in [0.05, 0.1) is 6.61 Å². The third-order valence-electron chi connectivity index (χ3n) is 1.64. The molecule has 0 atom stereocenters. The lowest BCUT2D eigenvalue weighted by Gasteiger charge is -2.04. The van der Waals surface area contributed by atoms with Crippen LogP contribution in [0.5, 0.6) is 0 Å². The van der Waals surface area contributed by atoms with Crippen LogP contribution < -0.4 is 10.9 Å². The Morgan fingerprint density at radius 2 is 2.20 bits per heavy atom. The Bertz CT molecular complexity index is 83.7. The number of hydrogen-bond donors (Lipinski definition) is 2. The van der Waals surface area contributed by atoms with E-state index in [0.29, 0.717) is 0 Å². The molecular formula is C7H16N2O. The molecule has 3 nitrogen and oxygen atoms in total. The monoisotopic (exact) mass is 144 g/mol. The van der Waals surface area contributed by atoms with Gasteiger partial charge < -0.3 is 4.74 Å². The molecule has 0 aliphatic heterocycles. The normalized spacial score (nSPS) is 17.7. The predicted octanol–water partition coefficient (Wildman–Crippen LogP) is 0.137. The highest BCUT2D eigenvalue weighted by Gasteiger charge is 2.19. The zero-order chi connectivity index (χ0) is 7.23. The molecule has 0 saturated heterocycles. The summed E-state index contributed by atoms with van der Waals surface area (Å²) in [7, 11) is 1.71. The van der Waals surface area contributed by atoms with Gasteiger partial charge in [-0.3, -0.25) is 10.9 Å². The average Bonchev–Trinajstić information content (AvgIpc) is 2.71. The summed E-state index contributed by atoms with van der Waals surface area (Å²) in [5.74, 6) is 0.940. The van der Waals surface area contributed by atoms with Gasteiger partial charge in [0, 0.05) is 20.2 Å². The lowest BCUT2D eigenvalue weighted by molar-refractivity contribution is 0.195. The highest BCUT2D eigenvalue weighted by molar-refractivity contribution is 4.74. The molecule has 1 fully saturated rings. The van der Waals surface area contributed by atoms with Crippen molar-refractivity contribution in [2.24, 2.45) is 5.92 Å². The van der Waals surface area contributed by atoms with Gasteiger partial charge in [-0.2, -0.15) is 0 Å². The van der Waals surface area contributed by atoms with Gasteiger partial charge in [0.2, 0.25) is 0 Å². The Kier molecular flexibility index (Phi) is 3.72. The first-order chi connectivity index (χ1) is 4.93.